The van der Waals surface area contributed by atoms with Crippen LogP contribution in [-0.2, 0) is 14.2 Å². The van der Waals surface area contributed by atoms with Crippen LogP contribution in [0.2, 0.25) is 13.3 Å². The van der Waals surface area contributed by atoms with Crippen LogP contribution in [-0.4, -0.2) is 60.3 Å². The predicted molar refractivity (Wildman–Crippen MR) is 198 cm³/mol. The molecule has 1 N–H and O–H groups in total. The molecule has 1 aliphatic heterocycles. The Hall–Kier alpha value is -0.661. The molecule has 0 aromatic rings. The fraction of sp³-hybridized carbons (Fsp3) is 0.750. The molecular formula is C40H72O4Sn. The summed E-state index contributed by atoms with van der Waals surface area (Å²) in [6, 6.07) is 0. The SMILES string of the molecule is CCC[CH2][Sn](/[CH]=C/CC(/C=C/C=C\C[C@H]1C[C@H](/C=C/C=C/CCC[C@@H](C)O)OC(C)(C)O1)C(C)(C)OC)([CH2]CCC)[CH2]CCC. The Morgan fingerprint density at radius 1 is 0.889 bits per heavy atom. The topological polar surface area (TPSA) is 47.9 Å². The first-order chi connectivity index (χ1) is 21.4. The van der Waals surface area contributed by atoms with Gasteiger partial charge in [-0.05, 0) is 40.0 Å². The Bertz CT molecular complexity index is 876. The molecule has 1 unspecified atom stereocenters. The van der Waals surface area contributed by atoms with Gasteiger partial charge in [-0.1, -0.05) is 24.3 Å². The van der Waals surface area contributed by atoms with Gasteiger partial charge >= 0.3 is 205 Å². The minimum absolute atomic E-state index is 0.0351. The number of rotatable bonds is 24. The molecule has 1 aliphatic rings. The first kappa shape index (κ1) is 42.4. The minimum atomic E-state index is -2.29. The van der Waals surface area contributed by atoms with Crippen LogP contribution in [0.15, 0.2) is 58.8 Å². The van der Waals surface area contributed by atoms with E-state index in [1.165, 1.54) is 51.8 Å². The Morgan fingerprint density at radius 3 is 2.09 bits per heavy atom. The van der Waals surface area contributed by atoms with E-state index in [9.17, 15) is 5.11 Å². The maximum absolute atomic E-state index is 9.40. The first-order valence-electron chi connectivity index (χ1n) is 18.4. The van der Waals surface area contributed by atoms with Crippen molar-refractivity contribution in [2.24, 2.45) is 5.92 Å². The second-order valence-corrected chi connectivity index (χ2v) is 27.4. The van der Waals surface area contributed by atoms with Crippen molar-refractivity contribution < 1.29 is 19.3 Å². The molecule has 1 saturated heterocycles. The molecule has 0 amide bonds. The average molecular weight is 736 g/mol. The van der Waals surface area contributed by atoms with E-state index in [4.69, 9.17) is 14.2 Å². The maximum atomic E-state index is 9.40. The van der Waals surface area contributed by atoms with Crippen molar-refractivity contribution in [3.05, 3.63) is 58.8 Å². The molecule has 0 aromatic heterocycles. The standard InChI is InChI=1S/C28H45O4.3C4H9.Sn/c1-8-17-24(27(3,4)30-7)19-14-12-16-21-26-22-25(31-28(5,6)32-26)20-15-11-9-10-13-18-23(2)29;3*1-3-4-2;/h1,8-9,11-12,14-16,19-20,23-26,29H,10,13,17-18,21-22H2,2-7H3;3*1,3-4H2,2H3;/b8-1?,11-9+,16-12-,19-14+,20-15+;;;;/t23-,24?,25+,26+;;;;/m1..../s1. The number of allylic oxidation sites excluding steroid dienone is 6. The van der Waals surface area contributed by atoms with E-state index in [-0.39, 0.29) is 23.9 Å². The van der Waals surface area contributed by atoms with Gasteiger partial charge in [-0.15, -0.1) is 0 Å². The van der Waals surface area contributed by atoms with Gasteiger partial charge in [-0.2, -0.15) is 0 Å². The summed E-state index contributed by atoms with van der Waals surface area (Å²) in [6.07, 6.45) is 33.7. The number of unbranched alkanes of at least 4 members (excludes halogenated alkanes) is 4. The van der Waals surface area contributed by atoms with Gasteiger partial charge in [-0.25, -0.2) is 0 Å². The molecule has 0 spiro atoms. The van der Waals surface area contributed by atoms with E-state index >= 15 is 0 Å². The van der Waals surface area contributed by atoms with Gasteiger partial charge < -0.3 is 9.84 Å². The zero-order valence-electron chi connectivity index (χ0n) is 30.9. The van der Waals surface area contributed by atoms with Gasteiger partial charge in [0, 0.05) is 0 Å². The summed E-state index contributed by atoms with van der Waals surface area (Å²) in [5, 5.41) is 9.40. The van der Waals surface area contributed by atoms with Gasteiger partial charge in [0.2, 0.25) is 0 Å². The Labute approximate surface area is 283 Å². The van der Waals surface area contributed by atoms with Gasteiger partial charge in [-0.3, -0.25) is 0 Å². The number of hydrogen-bond donors (Lipinski definition) is 1. The van der Waals surface area contributed by atoms with Crippen molar-refractivity contribution in [3.8, 4) is 0 Å². The molecule has 1 rings (SSSR count). The predicted octanol–water partition coefficient (Wildman–Crippen LogP) is 11.4. The van der Waals surface area contributed by atoms with Crippen LogP contribution < -0.4 is 0 Å². The summed E-state index contributed by atoms with van der Waals surface area (Å²) in [7, 11) is 1.84. The van der Waals surface area contributed by atoms with Crippen molar-refractivity contribution in [2.45, 2.75) is 175 Å². The molecule has 45 heavy (non-hydrogen) atoms. The third-order valence-electron chi connectivity index (χ3n) is 9.30. The average Bonchev–Trinajstić information content (AvgIpc) is 2.99. The molecule has 0 aliphatic carbocycles. The molecule has 0 radical (unpaired) electrons. The molecule has 1 fully saturated rings. The van der Waals surface area contributed by atoms with Gasteiger partial charge in [0.05, 0.1) is 6.10 Å². The number of methoxy groups -OCH3 is 1. The van der Waals surface area contributed by atoms with Crippen LogP contribution in [0, 0.1) is 5.92 Å². The van der Waals surface area contributed by atoms with Crippen LogP contribution in [0.25, 0.3) is 0 Å². The molecular weight excluding hydrogens is 663 g/mol. The summed E-state index contributed by atoms with van der Waals surface area (Å²) in [5.41, 5.74) is -0.220. The van der Waals surface area contributed by atoms with Crippen LogP contribution >= 0.6 is 0 Å². The quantitative estimate of drug-likeness (QED) is 0.0609. The summed E-state index contributed by atoms with van der Waals surface area (Å²) >= 11 is -2.29. The third kappa shape index (κ3) is 19.1. The second-order valence-electron chi connectivity index (χ2n) is 14.4. The Kier molecular flexibility index (Phi) is 22.2. The Morgan fingerprint density at radius 2 is 1.51 bits per heavy atom. The summed E-state index contributed by atoms with van der Waals surface area (Å²) in [6.45, 7) is 17.3. The number of hydrogen-bond acceptors (Lipinski definition) is 4. The van der Waals surface area contributed by atoms with E-state index in [2.05, 4.69) is 93.4 Å². The molecule has 1 heterocycles. The molecule has 0 bridgehead atoms. The number of aliphatic hydroxyl groups excluding tert-OH is 1. The molecule has 260 valence electrons. The van der Waals surface area contributed by atoms with Crippen LogP contribution in [0.5, 0.6) is 0 Å². The van der Waals surface area contributed by atoms with Crippen LogP contribution in [0.3, 0.4) is 0 Å². The van der Waals surface area contributed by atoms with E-state index in [0.29, 0.717) is 5.92 Å². The van der Waals surface area contributed by atoms with E-state index < -0.39 is 24.2 Å². The molecule has 0 aromatic carbocycles. The van der Waals surface area contributed by atoms with E-state index in [0.717, 1.165) is 38.5 Å². The summed E-state index contributed by atoms with van der Waals surface area (Å²) in [4.78, 5) is 0. The zero-order chi connectivity index (χ0) is 33.6. The van der Waals surface area contributed by atoms with Crippen LogP contribution in [0.4, 0.5) is 0 Å². The normalized spacial score (nSPS) is 21.3. The van der Waals surface area contributed by atoms with Crippen molar-refractivity contribution in [2.75, 3.05) is 7.11 Å². The second kappa shape index (κ2) is 23.6. The Balaban J connectivity index is 2.84. The van der Waals surface area contributed by atoms with Crippen molar-refractivity contribution in [1.29, 1.82) is 0 Å². The summed E-state index contributed by atoms with van der Waals surface area (Å²) in [5.74, 6) is -0.280. The molecule has 5 heteroatoms. The summed E-state index contributed by atoms with van der Waals surface area (Å²) < 4.78 is 25.8. The molecule has 4 nitrogen and oxygen atoms in total. The number of aliphatic hydroxyl groups is 1. The van der Waals surface area contributed by atoms with Crippen molar-refractivity contribution in [1.82, 2.24) is 0 Å². The van der Waals surface area contributed by atoms with Crippen molar-refractivity contribution in [3.63, 3.8) is 0 Å². The number of ether oxygens (including phenoxy) is 3. The van der Waals surface area contributed by atoms with Crippen LogP contribution in [0.1, 0.15) is 132 Å². The third-order valence-corrected chi connectivity index (χ3v) is 23.5. The zero-order valence-corrected chi connectivity index (χ0v) is 33.7. The van der Waals surface area contributed by atoms with E-state index in [1.807, 2.05) is 27.9 Å². The fourth-order valence-electron chi connectivity index (χ4n) is 6.23. The molecule has 4 atom stereocenters. The van der Waals surface area contributed by atoms with Gasteiger partial charge in [0.1, 0.15) is 0 Å². The van der Waals surface area contributed by atoms with E-state index in [1.54, 1.807) is 0 Å². The fourth-order valence-corrected chi connectivity index (χ4v) is 20.7. The van der Waals surface area contributed by atoms with Gasteiger partial charge in [0.15, 0.2) is 0 Å². The first-order valence-corrected chi connectivity index (χ1v) is 26.1. The molecule has 0 saturated carbocycles. The van der Waals surface area contributed by atoms with Crippen molar-refractivity contribution >= 4 is 18.4 Å². The van der Waals surface area contributed by atoms with Gasteiger partial charge in [0.25, 0.3) is 0 Å². The monoisotopic (exact) mass is 736 g/mol.